The van der Waals surface area contributed by atoms with Crippen LogP contribution >= 0.6 is 0 Å². The smallest absolute Gasteiger partial charge is 0.334 e. The number of hydrogen-bond donors (Lipinski definition) is 1. The summed E-state index contributed by atoms with van der Waals surface area (Å²) in [6.45, 7) is 7.86. The van der Waals surface area contributed by atoms with Gasteiger partial charge in [-0.2, -0.15) is 0 Å². The lowest BCUT2D eigenvalue weighted by atomic mass is 9.65. The van der Waals surface area contributed by atoms with Crippen LogP contribution < -0.4 is 5.32 Å². The first kappa shape index (κ1) is 11.6. The third kappa shape index (κ3) is 2.46. The van der Waals surface area contributed by atoms with E-state index in [9.17, 15) is 4.79 Å². The summed E-state index contributed by atoms with van der Waals surface area (Å²) in [7, 11) is 0. The van der Waals surface area contributed by atoms with Gasteiger partial charge in [0, 0.05) is 5.57 Å². The summed E-state index contributed by atoms with van der Waals surface area (Å²) in [6.07, 6.45) is 5.35. The Labute approximate surface area is 97.2 Å². The first-order valence-electron chi connectivity index (χ1n) is 6.06. The van der Waals surface area contributed by atoms with E-state index in [0.717, 1.165) is 37.9 Å². The van der Waals surface area contributed by atoms with Crippen molar-refractivity contribution in [2.75, 3.05) is 13.1 Å². The lowest BCUT2D eigenvalue weighted by molar-refractivity contribution is -0.151. The molecule has 3 nitrogen and oxygen atoms in total. The minimum Gasteiger partial charge on any atom is -0.457 e. The summed E-state index contributed by atoms with van der Waals surface area (Å²) in [4.78, 5) is 11.8. The normalized spacial score (nSPS) is 23.6. The highest BCUT2D eigenvalue weighted by Gasteiger charge is 2.41. The highest BCUT2D eigenvalue weighted by molar-refractivity contribution is 5.90. The van der Waals surface area contributed by atoms with Gasteiger partial charge in [-0.3, -0.25) is 0 Å². The largest absolute Gasteiger partial charge is 0.457 e. The molecule has 0 aromatic rings. The number of carbonyl (C=O) groups excluding carboxylic acids is 1. The van der Waals surface area contributed by atoms with Crippen molar-refractivity contribution in [1.82, 2.24) is 5.32 Å². The molecule has 1 fully saturated rings. The van der Waals surface area contributed by atoms with E-state index in [1.54, 1.807) is 0 Å². The summed E-state index contributed by atoms with van der Waals surface area (Å²) in [6, 6.07) is 0. The maximum Gasteiger partial charge on any atom is 0.334 e. The fourth-order valence-electron chi connectivity index (χ4n) is 2.44. The molecule has 0 amide bonds. The van der Waals surface area contributed by atoms with Crippen molar-refractivity contribution in [3.8, 4) is 0 Å². The highest BCUT2D eigenvalue weighted by atomic mass is 16.6. The Morgan fingerprint density at radius 3 is 2.44 bits per heavy atom. The summed E-state index contributed by atoms with van der Waals surface area (Å²) in [5, 5.41) is 3.34. The van der Waals surface area contributed by atoms with E-state index in [0.29, 0.717) is 5.41 Å². The van der Waals surface area contributed by atoms with Crippen LogP contribution in [0.5, 0.6) is 0 Å². The zero-order chi connectivity index (χ0) is 11.8. The monoisotopic (exact) mass is 223 g/mol. The van der Waals surface area contributed by atoms with Gasteiger partial charge in [0.25, 0.3) is 0 Å². The second kappa shape index (κ2) is 3.88. The molecular formula is C13H21NO2. The van der Waals surface area contributed by atoms with E-state index in [1.807, 2.05) is 20.8 Å². The molecule has 90 valence electrons. The molecule has 1 spiro atoms. The second-order valence-corrected chi connectivity index (χ2v) is 5.96. The van der Waals surface area contributed by atoms with E-state index >= 15 is 0 Å². The maximum atomic E-state index is 11.8. The quantitative estimate of drug-likeness (QED) is 0.691. The SMILES string of the molecule is CC(C)(C)OC(=O)C1=CC2(CCNCC2)C1. The fraction of sp³-hybridized carbons (Fsp3) is 0.769. The van der Waals surface area contributed by atoms with Crippen molar-refractivity contribution in [2.24, 2.45) is 5.41 Å². The molecule has 3 heteroatoms. The number of hydrogen-bond acceptors (Lipinski definition) is 3. The van der Waals surface area contributed by atoms with Crippen molar-refractivity contribution in [2.45, 2.75) is 45.6 Å². The molecule has 0 aromatic carbocycles. The average Bonchev–Trinajstić information content (AvgIpc) is 2.12. The molecule has 0 bridgehead atoms. The number of piperidine rings is 1. The molecular weight excluding hydrogens is 202 g/mol. The topological polar surface area (TPSA) is 38.3 Å². The minimum atomic E-state index is -0.380. The molecule has 0 aromatic heterocycles. The van der Waals surface area contributed by atoms with E-state index in [4.69, 9.17) is 4.74 Å². The summed E-state index contributed by atoms with van der Waals surface area (Å²) in [5.74, 6) is -0.128. The number of carbonyl (C=O) groups is 1. The van der Waals surface area contributed by atoms with Gasteiger partial charge < -0.3 is 10.1 Å². The molecule has 16 heavy (non-hydrogen) atoms. The standard InChI is InChI=1S/C13H21NO2/c1-12(2,3)16-11(15)10-8-13(9-10)4-6-14-7-5-13/h8,14H,4-7,9H2,1-3H3. The van der Waals surface area contributed by atoms with Crippen LogP contribution in [0.2, 0.25) is 0 Å². The Bertz CT molecular complexity index is 319. The van der Waals surface area contributed by atoms with Gasteiger partial charge in [-0.1, -0.05) is 6.08 Å². The first-order valence-corrected chi connectivity index (χ1v) is 6.06. The third-order valence-corrected chi connectivity index (χ3v) is 3.28. The molecule has 0 unspecified atom stereocenters. The van der Waals surface area contributed by atoms with Gasteiger partial charge in [-0.15, -0.1) is 0 Å². The Morgan fingerprint density at radius 1 is 1.38 bits per heavy atom. The Balaban J connectivity index is 1.94. The van der Waals surface area contributed by atoms with E-state index < -0.39 is 0 Å². The van der Waals surface area contributed by atoms with Gasteiger partial charge in [-0.05, 0) is 58.5 Å². The first-order chi connectivity index (χ1) is 7.40. The summed E-state index contributed by atoms with van der Waals surface area (Å²) < 4.78 is 5.35. The van der Waals surface area contributed by atoms with Crippen LogP contribution in [0.15, 0.2) is 11.6 Å². The van der Waals surface area contributed by atoms with E-state index in [2.05, 4.69) is 11.4 Å². The van der Waals surface area contributed by atoms with Crippen LogP contribution in [-0.4, -0.2) is 24.7 Å². The lowest BCUT2D eigenvalue weighted by Gasteiger charge is -2.42. The number of ether oxygens (including phenoxy) is 1. The van der Waals surface area contributed by atoms with E-state index in [1.165, 1.54) is 0 Å². The van der Waals surface area contributed by atoms with Crippen LogP contribution in [0.4, 0.5) is 0 Å². The van der Waals surface area contributed by atoms with Crippen molar-refractivity contribution >= 4 is 5.97 Å². The van der Waals surface area contributed by atoms with Gasteiger partial charge in [0.15, 0.2) is 0 Å². The molecule has 0 saturated carbocycles. The van der Waals surface area contributed by atoms with Crippen molar-refractivity contribution < 1.29 is 9.53 Å². The molecule has 1 aliphatic heterocycles. The Hall–Kier alpha value is -0.830. The van der Waals surface area contributed by atoms with Crippen molar-refractivity contribution in [3.05, 3.63) is 11.6 Å². The third-order valence-electron chi connectivity index (χ3n) is 3.28. The van der Waals surface area contributed by atoms with Crippen LogP contribution in [0.1, 0.15) is 40.0 Å². The highest BCUT2D eigenvalue weighted by Crippen LogP contribution is 2.46. The lowest BCUT2D eigenvalue weighted by Crippen LogP contribution is -2.41. The summed E-state index contributed by atoms with van der Waals surface area (Å²) >= 11 is 0. The van der Waals surface area contributed by atoms with Crippen molar-refractivity contribution in [3.63, 3.8) is 0 Å². The molecule has 2 aliphatic rings. The van der Waals surface area contributed by atoms with Crippen molar-refractivity contribution in [1.29, 1.82) is 0 Å². The minimum absolute atomic E-state index is 0.128. The zero-order valence-electron chi connectivity index (χ0n) is 10.4. The molecule has 1 aliphatic carbocycles. The molecule has 1 saturated heterocycles. The Kier molecular flexibility index (Phi) is 2.82. The maximum absolute atomic E-state index is 11.8. The fourth-order valence-corrected chi connectivity index (χ4v) is 2.44. The summed E-state index contributed by atoms with van der Waals surface area (Å²) in [5.41, 5.74) is 0.795. The zero-order valence-corrected chi connectivity index (χ0v) is 10.4. The second-order valence-electron chi connectivity index (χ2n) is 5.96. The number of esters is 1. The van der Waals surface area contributed by atoms with Crippen LogP contribution in [0.25, 0.3) is 0 Å². The molecule has 0 atom stereocenters. The van der Waals surface area contributed by atoms with Gasteiger partial charge in [0.2, 0.25) is 0 Å². The molecule has 2 rings (SSSR count). The number of rotatable bonds is 1. The van der Waals surface area contributed by atoms with Gasteiger partial charge >= 0.3 is 5.97 Å². The average molecular weight is 223 g/mol. The van der Waals surface area contributed by atoms with Gasteiger partial charge in [0.05, 0.1) is 0 Å². The van der Waals surface area contributed by atoms with Crippen LogP contribution in [0.3, 0.4) is 0 Å². The van der Waals surface area contributed by atoms with Crippen LogP contribution in [-0.2, 0) is 9.53 Å². The Morgan fingerprint density at radius 2 is 1.94 bits per heavy atom. The molecule has 0 radical (unpaired) electrons. The molecule has 1 N–H and O–H groups in total. The number of allylic oxidation sites excluding steroid dienone is 1. The predicted octanol–water partition coefficient (Wildman–Crippen LogP) is 2.03. The van der Waals surface area contributed by atoms with E-state index in [-0.39, 0.29) is 11.6 Å². The van der Waals surface area contributed by atoms with Crippen LogP contribution in [0, 0.1) is 5.41 Å². The molecule has 1 heterocycles. The number of nitrogens with one attached hydrogen (secondary N) is 1. The van der Waals surface area contributed by atoms with Gasteiger partial charge in [-0.25, -0.2) is 4.79 Å². The van der Waals surface area contributed by atoms with Gasteiger partial charge in [0.1, 0.15) is 5.60 Å². The predicted molar refractivity (Wildman–Crippen MR) is 63.1 cm³/mol.